The first-order valence-electron chi connectivity index (χ1n) is 5.05. The average molecular weight is 300 g/mol. The fourth-order valence-electron chi connectivity index (χ4n) is 1.32. The Morgan fingerprint density at radius 2 is 1.89 bits per heavy atom. The molecule has 0 bridgehead atoms. The smallest absolute Gasteiger partial charge is 0.262 e. The molecule has 1 aromatic carbocycles. The Morgan fingerprint density at radius 3 is 2.42 bits per heavy atom. The van der Waals surface area contributed by atoms with Crippen molar-refractivity contribution in [3.8, 4) is 0 Å². The highest BCUT2D eigenvalue weighted by Gasteiger charge is 2.17. The minimum atomic E-state index is -3.81. The van der Waals surface area contributed by atoms with Gasteiger partial charge in [-0.2, -0.15) is 0 Å². The molecule has 0 aliphatic rings. The highest BCUT2D eigenvalue weighted by atomic mass is 32.2. The van der Waals surface area contributed by atoms with Gasteiger partial charge in [-0.15, -0.1) is 11.3 Å². The van der Waals surface area contributed by atoms with Gasteiger partial charge in [0.05, 0.1) is 9.77 Å². The number of carbonyl (C=O) groups excluding carboxylic acids is 1. The van der Waals surface area contributed by atoms with Crippen molar-refractivity contribution in [1.82, 2.24) is 0 Å². The van der Waals surface area contributed by atoms with Crippen LogP contribution in [-0.4, -0.2) is 14.3 Å². The lowest BCUT2D eigenvalue weighted by molar-refractivity contribution is 0.100. The summed E-state index contributed by atoms with van der Waals surface area (Å²) in [4.78, 5) is 11.0. The number of amides is 1. The Morgan fingerprint density at radius 1 is 1.26 bits per heavy atom. The predicted octanol–water partition coefficient (Wildman–Crippen LogP) is 1.79. The first-order valence-corrected chi connectivity index (χ1v) is 7.41. The van der Waals surface area contributed by atoms with Crippen LogP contribution in [0, 0.1) is 5.82 Å². The molecule has 0 aliphatic heterocycles. The number of carbonyl (C=O) groups is 1. The molecule has 1 heterocycles. The molecular formula is C11H9FN2O3S2. The molecule has 3 N–H and O–H groups in total. The quantitative estimate of drug-likeness (QED) is 0.902. The third-order valence-corrected chi connectivity index (χ3v) is 4.68. The molecule has 2 rings (SSSR count). The molecule has 19 heavy (non-hydrogen) atoms. The number of sulfonamides is 1. The first kappa shape index (κ1) is 13.5. The molecule has 0 saturated carbocycles. The zero-order valence-corrected chi connectivity index (χ0v) is 11.1. The van der Waals surface area contributed by atoms with E-state index in [0.29, 0.717) is 0 Å². The van der Waals surface area contributed by atoms with E-state index >= 15 is 0 Å². The van der Waals surface area contributed by atoms with E-state index in [1.807, 2.05) is 0 Å². The van der Waals surface area contributed by atoms with Crippen LogP contribution in [0.3, 0.4) is 0 Å². The van der Waals surface area contributed by atoms with E-state index in [0.717, 1.165) is 23.5 Å². The first-order chi connectivity index (χ1) is 8.88. The summed E-state index contributed by atoms with van der Waals surface area (Å²) in [6.45, 7) is 0. The van der Waals surface area contributed by atoms with Gasteiger partial charge < -0.3 is 5.73 Å². The zero-order chi connectivity index (χ0) is 14.0. The van der Waals surface area contributed by atoms with E-state index in [9.17, 15) is 17.6 Å². The van der Waals surface area contributed by atoms with Crippen LogP contribution >= 0.6 is 11.3 Å². The van der Waals surface area contributed by atoms with Gasteiger partial charge in [-0.1, -0.05) is 0 Å². The second-order valence-corrected chi connectivity index (χ2v) is 6.22. The lowest BCUT2D eigenvalue weighted by atomic mass is 10.3. The standard InChI is InChI=1S/C11H9FN2O3S2/c12-7-1-3-8(4-2-7)14-19(16,17)9-5-10(11(13)15)18-6-9/h1-6,14H,(H2,13,15). The van der Waals surface area contributed by atoms with Gasteiger partial charge in [0.2, 0.25) is 0 Å². The van der Waals surface area contributed by atoms with E-state index in [2.05, 4.69) is 4.72 Å². The minimum Gasteiger partial charge on any atom is -0.365 e. The van der Waals surface area contributed by atoms with Crippen LogP contribution in [0.15, 0.2) is 40.6 Å². The third-order valence-electron chi connectivity index (χ3n) is 2.22. The Bertz CT molecular complexity index is 708. The molecule has 100 valence electrons. The molecule has 0 fully saturated rings. The maximum atomic E-state index is 12.7. The van der Waals surface area contributed by atoms with Crippen molar-refractivity contribution < 1.29 is 17.6 Å². The summed E-state index contributed by atoms with van der Waals surface area (Å²) in [5.74, 6) is -1.15. The van der Waals surface area contributed by atoms with Crippen LogP contribution in [0.1, 0.15) is 9.67 Å². The van der Waals surface area contributed by atoms with Crippen molar-refractivity contribution in [1.29, 1.82) is 0 Å². The van der Waals surface area contributed by atoms with Crippen LogP contribution in [0.25, 0.3) is 0 Å². The van der Waals surface area contributed by atoms with Gasteiger partial charge in [-0.25, -0.2) is 12.8 Å². The van der Waals surface area contributed by atoms with Crippen LogP contribution in [0.5, 0.6) is 0 Å². The SMILES string of the molecule is NC(=O)c1cc(S(=O)(=O)Nc2ccc(F)cc2)cs1. The van der Waals surface area contributed by atoms with Gasteiger partial charge in [0.1, 0.15) is 5.82 Å². The van der Waals surface area contributed by atoms with Crippen molar-refractivity contribution in [2.45, 2.75) is 4.90 Å². The molecule has 0 radical (unpaired) electrons. The number of nitrogens with two attached hydrogens (primary N) is 1. The number of halogens is 1. The lowest BCUT2D eigenvalue weighted by Gasteiger charge is -2.05. The van der Waals surface area contributed by atoms with Gasteiger partial charge in [-0.3, -0.25) is 9.52 Å². The number of nitrogens with one attached hydrogen (secondary N) is 1. The molecule has 0 atom stereocenters. The molecule has 0 unspecified atom stereocenters. The lowest BCUT2D eigenvalue weighted by Crippen LogP contribution is -2.13. The summed E-state index contributed by atoms with van der Waals surface area (Å²) in [6.07, 6.45) is 0. The van der Waals surface area contributed by atoms with Gasteiger partial charge in [0, 0.05) is 11.1 Å². The topological polar surface area (TPSA) is 89.3 Å². The Kier molecular flexibility index (Phi) is 3.54. The van der Waals surface area contributed by atoms with E-state index in [4.69, 9.17) is 5.73 Å². The number of hydrogen-bond donors (Lipinski definition) is 2. The van der Waals surface area contributed by atoms with Crippen LogP contribution in [-0.2, 0) is 10.0 Å². The molecular weight excluding hydrogens is 291 g/mol. The molecule has 0 saturated heterocycles. The summed E-state index contributed by atoms with van der Waals surface area (Å²) in [7, 11) is -3.81. The summed E-state index contributed by atoms with van der Waals surface area (Å²) in [6, 6.07) is 6.07. The van der Waals surface area contributed by atoms with Crippen molar-refractivity contribution >= 4 is 33.0 Å². The fraction of sp³-hybridized carbons (Fsp3) is 0. The van der Waals surface area contributed by atoms with Crippen molar-refractivity contribution in [3.63, 3.8) is 0 Å². The fourth-order valence-corrected chi connectivity index (χ4v) is 3.51. The average Bonchev–Trinajstić information content (AvgIpc) is 2.82. The predicted molar refractivity (Wildman–Crippen MR) is 70.0 cm³/mol. The summed E-state index contributed by atoms with van der Waals surface area (Å²) < 4.78 is 38.9. The number of hydrogen-bond acceptors (Lipinski definition) is 4. The van der Waals surface area contributed by atoms with Gasteiger partial charge >= 0.3 is 0 Å². The number of thiophene rings is 1. The molecule has 2 aromatic rings. The van der Waals surface area contributed by atoms with Gasteiger partial charge in [-0.05, 0) is 30.3 Å². The Hall–Kier alpha value is -1.93. The molecule has 0 aliphatic carbocycles. The molecule has 1 amide bonds. The number of benzene rings is 1. The third kappa shape index (κ3) is 3.09. The minimum absolute atomic E-state index is 0.0596. The summed E-state index contributed by atoms with van der Waals surface area (Å²) in [5, 5.41) is 1.31. The molecule has 5 nitrogen and oxygen atoms in total. The number of primary amides is 1. The highest BCUT2D eigenvalue weighted by Crippen LogP contribution is 2.21. The second kappa shape index (κ2) is 4.98. The maximum absolute atomic E-state index is 12.7. The monoisotopic (exact) mass is 300 g/mol. The van der Waals surface area contributed by atoms with E-state index in [-0.39, 0.29) is 15.5 Å². The van der Waals surface area contributed by atoms with E-state index < -0.39 is 21.7 Å². The molecule has 8 heteroatoms. The van der Waals surface area contributed by atoms with Crippen LogP contribution in [0.4, 0.5) is 10.1 Å². The number of rotatable bonds is 4. The van der Waals surface area contributed by atoms with E-state index in [1.54, 1.807) is 0 Å². The Labute approximate surface area is 112 Å². The van der Waals surface area contributed by atoms with Gasteiger partial charge in [0.15, 0.2) is 0 Å². The van der Waals surface area contributed by atoms with Crippen molar-refractivity contribution in [2.75, 3.05) is 4.72 Å². The second-order valence-electron chi connectivity index (χ2n) is 3.62. The Balaban J connectivity index is 2.26. The number of anilines is 1. The van der Waals surface area contributed by atoms with Crippen LogP contribution in [0.2, 0.25) is 0 Å². The van der Waals surface area contributed by atoms with Crippen LogP contribution < -0.4 is 10.5 Å². The molecule has 1 aromatic heterocycles. The highest BCUT2D eigenvalue weighted by molar-refractivity contribution is 7.92. The van der Waals surface area contributed by atoms with Gasteiger partial charge in [0.25, 0.3) is 15.9 Å². The normalized spacial score (nSPS) is 11.2. The molecule has 0 spiro atoms. The zero-order valence-electron chi connectivity index (χ0n) is 9.46. The van der Waals surface area contributed by atoms with Crippen molar-refractivity contribution in [2.24, 2.45) is 5.73 Å². The maximum Gasteiger partial charge on any atom is 0.262 e. The van der Waals surface area contributed by atoms with E-state index in [1.165, 1.54) is 23.6 Å². The largest absolute Gasteiger partial charge is 0.365 e. The summed E-state index contributed by atoms with van der Waals surface area (Å²) >= 11 is 0.944. The van der Waals surface area contributed by atoms with Crippen molar-refractivity contribution in [3.05, 3.63) is 46.4 Å². The summed E-state index contributed by atoms with van der Waals surface area (Å²) in [5.41, 5.74) is 5.28.